The topological polar surface area (TPSA) is 38.8 Å². The molecule has 0 aromatic heterocycles. The second-order valence-corrected chi connectivity index (χ2v) is 6.14. The predicted molar refractivity (Wildman–Crippen MR) is 82.0 cm³/mol. The quantitative estimate of drug-likeness (QED) is 0.694. The molecule has 1 fully saturated rings. The van der Waals surface area contributed by atoms with Crippen LogP contribution in [0.2, 0.25) is 0 Å². The SMILES string of the molecule is C[C@H]1CN(C(=O)c2ccc(I)c(OCC(F)(F)F)c2)CCO1. The van der Waals surface area contributed by atoms with Gasteiger partial charge in [0.1, 0.15) is 5.75 Å². The lowest BCUT2D eigenvalue weighted by Gasteiger charge is -2.31. The maximum atomic E-state index is 12.4. The van der Waals surface area contributed by atoms with Crippen molar-refractivity contribution >= 4 is 28.5 Å². The molecule has 0 radical (unpaired) electrons. The van der Waals surface area contributed by atoms with Crippen molar-refractivity contribution in [3.63, 3.8) is 0 Å². The molecule has 1 aliphatic heterocycles. The molecule has 22 heavy (non-hydrogen) atoms. The third-order valence-corrected chi connectivity index (χ3v) is 3.99. The molecule has 4 nitrogen and oxygen atoms in total. The van der Waals surface area contributed by atoms with Crippen LogP contribution in [0.25, 0.3) is 0 Å². The maximum absolute atomic E-state index is 12.4. The monoisotopic (exact) mass is 429 g/mol. The first-order valence-corrected chi connectivity index (χ1v) is 7.74. The number of hydrogen-bond acceptors (Lipinski definition) is 3. The summed E-state index contributed by atoms with van der Waals surface area (Å²) in [6, 6.07) is 4.52. The fourth-order valence-electron chi connectivity index (χ4n) is 2.09. The van der Waals surface area contributed by atoms with Gasteiger partial charge in [-0.3, -0.25) is 4.79 Å². The fraction of sp³-hybridized carbons (Fsp3) is 0.500. The molecular weight excluding hydrogens is 414 g/mol. The Balaban J connectivity index is 2.12. The van der Waals surface area contributed by atoms with Gasteiger partial charge in [-0.15, -0.1) is 0 Å². The summed E-state index contributed by atoms with van der Waals surface area (Å²) in [6.07, 6.45) is -4.47. The number of amides is 1. The summed E-state index contributed by atoms with van der Waals surface area (Å²) < 4.78 is 47.4. The molecule has 1 amide bonds. The largest absolute Gasteiger partial charge is 0.483 e. The third-order valence-electron chi connectivity index (χ3n) is 3.10. The number of carbonyl (C=O) groups excluding carboxylic acids is 1. The van der Waals surface area contributed by atoms with Gasteiger partial charge in [-0.2, -0.15) is 13.2 Å². The zero-order valence-electron chi connectivity index (χ0n) is 11.8. The van der Waals surface area contributed by atoms with E-state index in [1.807, 2.05) is 29.5 Å². The average molecular weight is 429 g/mol. The van der Waals surface area contributed by atoms with E-state index in [-0.39, 0.29) is 17.8 Å². The Morgan fingerprint density at radius 2 is 2.23 bits per heavy atom. The summed E-state index contributed by atoms with van der Waals surface area (Å²) in [5.74, 6) is -0.173. The Morgan fingerprint density at radius 1 is 1.50 bits per heavy atom. The Hall–Kier alpha value is -1.03. The van der Waals surface area contributed by atoms with E-state index in [1.54, 1.807) is 17.0 Å². The summed E-state index contributed by atoms with van der Waals surface area (Å²) in [6.45, 7) is 1.87. The van der Waals surface area contributed by atoms with Crippen LogP contribution in [0.1, 0.15) is 17.3 Å². The van der Waals surface area contributed by atoms with Crippen molar-refractivity contribution in [2.75, 3.05) is 26.3 Å². The van der Waals surface area contributed by atoms with Crippen LogP contribution in [-0.2, 0) is 4.74 Å². The second kappa shape index (κ2) is 7.03. The number of alkyl halides is 3. The number of hydrogen-bond donors (Lipinski definition) is 0. The standard InChI is InChI=1S/C14H15F3INO3/c1-9-7-19(4-5-21-9)13(20)10-2-3-11(18)12(6-10)22-8-14(15,16)17/h2-3,6,9H,4-5,7-8H2,1H3/t9-/m0/s1. The van der Waals surface area contributed by atoms with E-state index in [9.17, 15) is 18.0 Å². The summed E-state index contributed by atoms with van der Waals surface area (Å²) >= 11 is 1.87. The Morgan fingerprint density at radius 3 is 2.86 bits per heavy atom. The first kappa shape index (κ1) is 17.3. The fourth-order valence-corrected chi connectivity index (χ4v) is 2.58. The van der Waals surface area contributed by atoms with Gasteiger partial charge in [0.15, 0.2) is 6.61 Å². The van der Waals surface area contributed by atoms with Crippen LogP contribution < -0.4 is 4.74 Å². The molecule has 1 heterocycles. The second-order valence-electron chi connectivity index (χ2n) is 4.98. The van der Waals surface area contributed by atoms with E-state index in [4.69, 9.17) is 9.47 Å². The number of morpholine rings is 1. The molecule has 0 N–H and O–H groups in total. The Kier molecular flexibility index (Phi) is 5.54. The molecular formula is C14H15F3INO3. The molecule has 8 heteroatoms. The lowest BCUT2D eigenvalue weighted by atomic mass is 10.1. The number of rotatable bonds is 3. The number of ether oxygens (including phenoxy) is 2. The molecule has 1 atom stereocenters. The molecule has 1 saturated heterocycles. The zero-order chi connectivity index (χ0) is 16.3. The molecule has 0 aliphatic carbocycles. The summed E-state index contributed by atoms with van der Waals surface area (Å²) in [4.78, 5) is 14.0. The van der Waals surface area contributed by atoms with Gasteiger partial charge >= 0.3 is 6.18 Å². The number of carbonyl (C=O) groups is 1. The first-order valence-electron chi connectivity index (χ1n) is 6.66. The molecule has 122 valence electrons. The first-order chi connectivity index (χ1) is 10.3. The number of nitrogens with zero attached hydrogens (tertiary/aromatic N) is 1. The number of benzene rings is 1. The van der Waals surface area contributed by atoms with Crippen molar-refractivity contribution in [3.05, 3.63) is 27.3 Å². The van der Waals surface area contributed by atoms with Gasteiger partial charge in [-0.25, -0.2) is 0 Å². The number of halogens is 4. The molecule has 0 unspecified atom stereocenters. The minimum atomic E-state index is -4.41. The van der Waals surface area contributed by atoms with Crippen LogP contribution in [0, 0.1) is 3.57 Å². The van der Waals surface area contributed by atoms with Crippen molar-refractivity contribution in [2.24, 2.45) is 0 Å². The van der Waals surface area contributed by atoms with Crippen LogP contribution in [0.4, 0.5) is 13.2 Å². The van der Waals surface area contributed by atoms with Gasteiger partial charge in [0, 0.05) is 18.7 Å². The summed E-state index contributed by atoms with van der Waals surface area (Å²) in [7, 11) is 0. The van der Waals surface area contributed by atoms with Crippen molar-refractivity contribution in [1.29, 1.82) is 0 Å². The van der Waals surface area contributed by atoms with Crippen molar-refractivity contribution in [2.45, 2.75) is 19.2 Å². The third kappa shape index (κ3) is 4.73. The van der Waals surface area contributed by atoms with Crippen molar-refractivity contribution in [1.82, 2.24) is 4.90 Å². The van der Waals surface area contributed by atoms with Gasteiger partial charge < -0.3 is 14.4 Å². The lowest BCUT2D eigenvalue weighted by Crippen LogP contribution is -2.44. The van der Waals surface area contributed by atoms with Gasteiger partial charge in [0.25, 0.3) is 5.91 Å². The predicted octanol–water partition coefficient (Wildman–Crippen LogP) is 3.09. The normalized spacial score (nSPS) is 19.1. The average Bonchev–Trinajstić information content (AvgIpc) is 2.45. The summed E-state index contributed by atoms with van der Waals surface area (Å²) in [5, 5.41) is 0. The minimum Gasteiger partial charge on any atom is -0.483 e. The van der Waals surface area contributed by atoms with E-state index in [1.165, 1.54) is 6.07 Å². The van der Waals surface area contributed by atoms with Gasteiger partial charge in [0.2, 0.25) is 0 Å². The maximum Gasteiger partial charge on any atom is 0.422 e. The highest BCUT2D eigenvalue weighted by Gasteiger charge is 2.29. The van der Waals surface area contributed by atoms with Gasteiger partial charge in [-0.05, 0) is 47.7 Å². The molecule has 0 saturated carbocycles. The summed E-state index contributed by atoms with van der Waals surface area (Å²) in [5.41, 5.74) is 0.312. The van der Waals surface area contributed by atoms with E-state index >= 15 is 0 Å². The van der Waals surface area contributed by atoms with Crippen LogP contribution in [0.3, 0.4) is 0 Å². The Bertz CT molecular complexity index is 551. The highest BCUT2D eigenvalue weighted by Crippen LogP contribution is 2.26. The van der Waals surface area contributed by atoms with E-state index in [2.05, 4.69) is 0 Å². The molecule has 1 aromatic rings. The highest BCUT2D eigenvalue weighted by atomic mass is 127. The van der Waals surface area contributed by atoms with E-state index < -0.39 is 12.8 Å². The van der Waals surface area contributed by atoms with Crippen LogP contribution in [0.15, 0.2) is 18.2 Å². The van der Waals surface area contributed by atoms with E-state index in [0.717, 1.165) is 0 Å². The van der Waals surface area contributed by atoms with Crippen molar-refractivity contribution < 1.29 is 27.4 Å². The Labute approximate surface area is 139 Å². The van der Waals surface area contributed by atoms with E-state index in [0.29, 0.717) is 28.8 Å². The van der Waals surface area contributed by atoms with Crippen LogP contribution in [-0.4, -0.2) is 49.4 Å². The van der Waals surface area contributed by atoms with Crippen LogP contribution >= 0.6 is 22.6 Å². The molecule has 1 aromatic carbocycles. The molecule has 1 aliphatic rings. The van der Waals surface area contributed by atoms with Crippen molar-refractivity contribution in [3.8, 4) is 5.75 Å². The highest BCUT2D eigenvalue weighted by molar-refractivity contribution is 14.1. The molecule has 0 spiro atoms. The smallest absolute Gasteiger partial charge is 0.422 e. The van der Waals surface area contributed by atoms with Crippen LogP contribution in [0.5, 0.6) is 5.75 Å². The zero-order valence-corrected chi connectivity index (χ0v) is 14.0. The van der Waals surface area contributed by atoms with Gasteiger partial charge in [0.05, 0.1) is 16.3 Å². The minimum absolute atomic E-state index is 0.0532. The molecule has 2 rings (SSSR count). The lowest BCUT2D eigenvalue weighted by molar-refractivity contribution is -0.153. The van der Waals surface area contributed by atoms with Gasteiger partial charge in [-0.1, -0.05) is 0 Å². The molecule has 0 bridgehead atoms.